The van der Waals surface area contributed by atoms with Crippen molar-refractivity contribution in [2.45, 2.75) is 25.4 Å². The molecule has 2 aromatic rings. The molecule has 2 aromatic heterocycles. The van der Waals surface area contributed by atoms with E-state index < -0.39 is 0 Å². The van der Waals surface area contributed by atoms with E-state index in [2.05, 4.69) is 25.9 Å². The van der Waals surface area contributed by atoms with E-state index >= 15 is 0 Å². The smallest absolute Gasteiger partial charge is 0.191 e. The Morgan fingerprint density at radius 1 is 1.35 bits per heavy atom. The number of pyridine rings is 1. The molecule has 2 heterocycles. The highest BCUT2D eigenvalue weighted by atomic mass is 79.9. The molecule has 0 N–H and O–H groups in total. The van der Waals surface area contributed by atoms with Gasteiger partial charge in [0.2, 0.25) is 0 Å². The minimum Gasteiger partial charge on any atom is -0.446 e. The lowest BCUT2D eigenvalue weighted by molar-refractivity contribution is 0.493. The van der Waals surface area contributed by atoms with Crippen LogP contribution in [0.3, 0.4) is 0 Å². The lowest BCUT2D eigenvalue weighted by Crippen LogP contribution is -1.87. The van der Waals surface area contributed by atoms with Gasteiger partial charge in [0.25, 0.3) is 0 Å². The van der Waals surface area contributed by atoms with Crippen molar-refractivity contribution < 1.29 is 4.42 Å². The average molecular weight is 313 g/mol. The van der Waals surface area contributed by atoms with Crippen LogP contribution in [0.5, 0.6) is 0 Å². The number of hydrogen-bond donors (Lipinski definition) is 0. The molecular formula is C12H13BrN2OS. The van der Waals surface area contributed by atoms with Crippen LogP contribution in [0.25, 0.3) is 0 Å². The second kappa shape index (κ2) is 5.69. The van der Waals surface area contributed by atoms with Gasteiger partial charge < -0.3 is 4.42 Å². The predicted octanol–water partition coefficient (Wildman–Crippen LogP) is 3.88. The van der Waals surface area contributed by atoms with Gasteiger partial charge in [-0.15, -0.1) is 0 Å². The molecule has 0 saturated carbocycles. The Bertz CT molecular complexity index is 513. The van der Waals surface area contributed by atoms with E-state index in [9.17, 15) is 0 Å². The molecule has 90 valence electrons. The summed E-state index contributed by atoms with van der Waals surface area (Å²) in [6.45, 7) is 3.83. The number of nitrogens with zero attached hydrogens (tertiary/aromatic N) is 2. The van der Waals surface area contributed by atoms with Gasteiger partial charge in [0, 0.05) is 24.6 Å². The van der Waals surface area contributed by atoms with Crippen molar-refractivity contribution in [3.63, 3.8) is 0 Å². The summed E-state index contributed by atoms with van der Waals surface area (Å²) < 4.78 is 6.27. The molecule has 0 aliphatic rings. The first-order chi connectivity index (χ1) is 8.15. The zero-order valence-electron chi connectivity index (χ0n) is 9.74. The van der Waals surface area contributed by atoms with Crippen molar-refractivity contribution in [1.82, 2.24) is 9.97 Å². The topological polar surface area (TPSA) is 38.9 Å². The highest BCUT2D eigenvalue weighted by Crippen LogP contribution is 2.21. The van der Waals surface area contributed by atoms with Crippen molar-refractivity contribution in [2.24, 2.45) is 0 Å². The highest BCUT2D eigenvalue weighted by Gasteiger charge is 2.06. The van der Waals surface area contributed by atoms with Crippen LogP contribution >= 0.6 is 27.7 Å². The summed E-state index contributed by atoms with van der Waals surface area (Å²) in [6, 6.07) is 4.06. The van der Waals surface area contributed by atoms with Gasteiger partial charge in [0.15, 0.2) is 5.89 Å². The third-order valence-electron chi connectivity index (χ3n) is 2.30. The third kappa shape index (κ3) is 3.57. The molecule has 3 nitrogen and oxygen atoms in total. The third-order valence-corrected chi connectivity index (χ3v) is 3.75. The van der Waals surface area contributed by atoms with E-state index in [1.807, 2.05) is 43.9 Å². The van der Waals surface area contributed by atoms with Crippen molar-refractivity contribution in [3.05, 3.63) is 45.8 Å². The fourth-order valence-corrected chi connectivity index (χ4v) is 2.89. The number of thioether (sulfide) groups is 1. The number of aromatic nitrogens is 2. The summed E-state index contributed by atoms with van der Waals surface area (Å²) in [5, 5.41) is 0. The number of hydrogen-bond acceptors (Lipinski definition) is 4. The molecule has 0 bridgehead atoms. The number of aryl methyl sites for hydroxylation is 2. The number of halogens is 1. The monoisotopic (exact) mass is 312 g/mol. The Morgan fingerprint density at radius 2 is 2.18 bits per heavy atom. The lowest BCUT2D eigenvalue weighted by atomic mass is 10.3. The Hall–Kier alpha value is -0.810. The van der Waals surface area contributed by atoms with Gasteiger partial charge >= 0.3 is 0 Å². The molecule has 17 heavy (non-hydrogen) atoms. The van der Waals surface area contributed by atoms with Gasteiger partial charge in [-0.1, -0.05) is 0 Å². The minimum absolute atomic E-state index is 0.741. The maximum absolute atomic E-state index is 5.39. The van der Waals surface area contributed by atoms with E-state index in [0.717, 1.165) is 33.5 Å². The van der Waals surface area contributed by atoms with E-state index in [0.29, 0.717) is 0 Å². The van der Waals surface area contributed by atoms with Crippen molar-refractivity contribution in [2.75, 3.05) is 0 Å². The Morgan fingerprint density at radius 3 is 2.82 bits per heavy atom. The van der Waals surface area contributed by atoms with E-state index in [1.54, 1.807) is 0 Å². The minimum atomic E-state index is 0.741. The molecule has 0 aliphatic carbocycles. The molecular weight excluding hydrogens is 300 g/mol. The quantitative estimate of drug-likeness (QED) is 0.803. The fourth-order valence-electron chi connectivity index (χ4n) is 1.50. The molecule has 0 atom stereocenters. The van der Waals surface area contributed by atoms with Gasteiger partial charge in [-0.05, 0) is 40.5 Å². The van der Waals surface area contributed by atoms with Crippen LogP contribution in [0, 0.1) is 13.8 Å². The largest absolute Gasteiger partial charge is 0.446 e. The van der Waals surface area contributed by atoms with Gasteiger partial charge in [-0.3, -0.25) is 0 Å². The maximum atomic E-state index is 5.39. The molecule has 5 heteroatoms. The Kier molecular flexibility index (Phi) is 4.23. The number of oxazole rings is 1. The van der Waals surface area contributed by atoms with Crippen molar-refractivity contribution in [3.8, 4) is 0 Å². The molecule has 0 aromatic carbocycles. The first-order valence-electron chi connectivity index (χ1n) is 5.26. The van der Waals surface area contributed by atoms with Gasteiger partial charge in [0.1, 0.15) is 10.4 Å². The van der Waals surface area contributed by atoms with E-state index in [1.165, 1.54) is 5.56 Å². The van der Waals surface area contributed by atoms with E-state index in [-0.39, 0.29) is 0 Å². The predicted molar refractivity (Wildman–Crippen MR) is 72.9 cm³/mol. The van der Waals surface area contributed by atoms with Crippen molar-refractivity contribution in [1.29, 1.82) is 0 Å². The fraction of sp³-hybridized carbons (Fsp3) is 0.333. The highest BCUT2D eigenvalue weighted by molar-refractivity contribution is 9.10. The average Bonchev–Trinajstić information content (AvgIpc) is 2.58. The van der Waals surface area contributed by atoms with Crippen LogP contribution in [0.1, 0.15) is 22.9 Å². The van der Waals surface area contributed by atoms with Gasteiger partial charge in [-0.25, -0.2) is 9.97 Å². The van der Waals surface area contributed by atoms with Crippen LogP contribution in [0.4, 0.5) is 0 Å². The molecule has 0 amide bonds. The second-order valence-corrected chi connectivity index (χ2v) is 5.51. The molecule has 0 saturated heterocycles. The molecule has 0 aliphatic heterocycles. The standard InChI is InChI=1S/C12H13BrN2OS/c1-8-11(15-9(2)16-8)7-17-6-10-3-4-14-12(13)5-10/h3-5H,6-7H2,1-2H3. The Balaban J connectivity index is 1.89. The SMILES string of the molecule is Cc1nc(CSCc2ccnc(Br)c2)c(C)o1. The van der Waals surface area contributed by atoms with Gasteiger partial charge in [-0.2, -0.15) is 11.8 Å². The molecule has 2 rings (SSSR count). The summed E-state index contributed by atoms with van der Waals surface area (Å²) in [5.41, 5.74) is 2.30. The van der Waals surface area contributed by atoms with Crippen LogP contribution in [0.15, 0.2) is 27.3 Å². The summed E-state index contributed by atoms with van der Waals surface area (Å²) >= 11 is 5.19. The Labute approximate surface area is 113 Å². The zero-order valence-corrected chi connectivity index (χ0v) is 12.1. The van der Waals surface area contributed by atoms with Crippen LogP contribution in [0.2, 0.25) is 0 Å². The molecule has 0 spiro atoms. The summed E-state index contributed by atoms with van der Waals surface area (Å²) in [7, 11) is 0. The normalized spacial score (nSPS) is 10.8. The first kappa shape index (κ1) is 12.6. The zero-order chi connectivity index (χ0) is 12.3. The summed E-state index contributed by atoms with van der Waals surface area (Å²) in [4.78, 5) is 8.45. The second-order valence-electron chi connectivity index (χ2n) is 3.72. The van der Waals surface area contributed by atoms with Crippen LogP contribution in [-0.2, 0) is 11.5 Å². The summed E-state index contributed by atoms with van der Waals surface area (Å²) in [5.74, 6) is 3.49. The van der Waals surface area contributed by atoms with Crippen molar-refractivity contribution >= 4 is 27.7 Å². The molecule has 0 fully saturated rings. The van der Waals surface area contributed by atoms with Crippen LogP contribution in [-0.4, -0.2) is 9.97 Å². The first-order valence-corrected chi connectivity index (χ1v) is 7.21. The van der Waals surface area contributed by atoms with Gasteiger partial charge in [0.05, 0.1) is 5.69 Å². The molecule has 0 radical (unpaired) electrons. The number of rotatable bonds is 4. The van der Waals surface area contributed by atoms with E-state index in [4.69, 9.17) is 4.42 Å². The van der Waals surface area contributed by atoms with Crippen LogP contribution < -0.4 is 0 Å². The maximum Gasteiger partial charge on any atom is 0.191 e. The molecule has 0 unspecified atom stereocenters. The lowest BCUT2D eigenvalue weighted by Gasteiger charge is -2.00. The summed E-state index contributed by atoms with van der Waals surface area (Å²) in [6.07, 6.45) is 1.81.